The first-order valence-electron chi connectivity index (χ1n) is 8.48. The minimum Gasteiger partial charge on any atom is -0.388 e. The lowest BCUT2D eigenvalue weighted by molar-refractivity contribution is -0.134. The molecule has 134 valence electrons. The van der Waals surface area contributed by atoms with E-state index in [1.807, 2.05) is 13.8 Å². The minimum atomic E-state index is -0.661. The summed E-state index contributed by atoms with van der Waals surface area (Å²) in [4.78, 5) is 29.5. The van der Waals surface area contributed by atoms with E-state index in [4.69, 9.17) is 10.6 Å². The van der Waals surface area contributed by atoms with Crippen molar-refractivity contribution in [3.05, 3.63) is 12.0 Å². The third-order valence-electron chi connectivity index (χ3n) is 3.45. The smallest absolute Gasteiger partial charge is 0.213 e. The number of rotatable bonds is 11. The van der Waals surface area contributed by atoms with Gasteiger partial charge in [-0.25, -0.2) is 0 Å². The highest BCUT2D eigenvalue weighted by Crippen LogP contribution is 2.15. The number of ketones is 2. The highest BCUT2D eigenvalue weighted by molar-refractivity contribution is 6.07. The maximum absolute atomic E-state index is 12.2. The third kappa shape index (κ3) is 9.39. The molecule has 0 unspecified atom stereocenters. The molecule has 0 rings (SSSR count). The van der Waals surface area contributed by atoms with Crippen LogP contribution < -0.4 is 5.73 Å². The zero-order valence-corrected chi connectivity index (χ0v) is 15.8. The maximum Gasteiger partial charge on any atom is 0.213 e. The van der Waals surface area contributed by atoms with Gasteiger partial charge < -0.3 is 10.6 Å². The summed E-state index contributed by atoms with van der Waals surface area (Å²) in [5.74, 6) is -0.130. The average Bonchev–Trinajstić information content (AvgIpc) is 2.33. The molecule has 5 nitrogen and oxygen atoms in total. The zero-order chi connectivity index (χ0) is 18.2. The number of hydrogen-bond acceptors (Lipinski definition) is 5. The van der Waals surface area contributed by atoms with Crippen LogP contribution in [0.5, 0.6) is 0 Å². The number of carbonyl (C=O) groups is 2. The van der Waals surface area contributed by atoms with Gasteiger partial charge in [-0.05, 0) is 31.1 Å². The Morgan fingerprint density at radius 3 is 2.04 bits per heavy atom. The van der Waals surface area contributed by atoms with Crippen molar-refractivity contribution in [3.8, 4) is 0 Å². The van der Waals surface area contributed by atoms with Crippen molar-refractivity contribution in [2.45, 2.75) is 54.9 Å². The number of nitrogens with two attached hydrogens (primary N) is 1. The Morgan fingerprint density at radius 1 is 1.09 bits per heavy atom. The normalized spacial score (nSPS) is 14.0. The van der Waals surface area contributed by atoms with Gasteiger partial charge in [0.15, 0.2) is 5.78 Å². The first-order chi connectivity index (χ1) is 10.5. The molecule has 0 aromatic rings. The molecule has 0 saturated carbocycles. The van der Waals surface area contributed by atoms with E-state index in [0.29, 0.717) is 11.8 Å². The van der Waals surface area contributed by atoms with Crippen LogP contribution in [0.1, 0.15) is 54.9 Å². The third-order valence-corrected chi connectivity index (χ3v) is 3.45. The van der Waals surface area contributed by atoms with Crippen LogP contribution in [0.2, 0.25) is 0 Å². The van der Waals surface area contributed by atoms with Crippen molar-refractivity contribution in [2.24, 2.45) is 29.4 Å². The lowest BCUT2D eigenvalue weighted by Crippen LogP contribution is -2.32. The maximum atomic E-state index is 12.2. The molecule has 5 heteroatoms. The van der Waals surface area contributed by atoms with Crippen LogP contribution in [0.4, 0.5) is 0 Å². The van der Waals surface area contributed by atoms with E-state index in [2.05, 4.69) is 27.7 Å². The second-order valence-corrected chi connectivity index (χ2v) is 7.34. The zero-order valence-electron chi connectivity index (χ0n) is 15.8. The average molecular weight is 326 g/mol. The summed E-state index contributed by atoms with van der Waals surface area (Å²) in [5, 5.41) is 1.79. The summed E-state index contributed by atoms with van der Waals surface area (Å²) < 4.78 is 0. The van der Waals surface area contributed by atoms with E-state index in [0.717, 1.165) is 19.5 Å². The summed E-state index contributed by atoms with van der Waals surface area (Å²) in [5.41, 5.74) is 5.86. The molecule has 0 spiro atoms. The van der Waals surface area contributed by atoms with Gasteiger partial charge in [-0.15, -0.1) is 5.06 Å². The van der Waals surface area contributed by atoms with Crippen molar-refractivity contribution < 1.29 is 14.4 Å². The predicted octanol–water partition coefficient (Wildman–Crippen LogP) is 3.15. The second-order valence-electron chi connectivity index (χ2n) is 7.34. The van der Waals surface area contributed by atoms with Gasteiger partial charge in [0, 0.05) is 19.2 Å². The molecule has 1 atom stereocenters. The number of Topliss-reactive ketones (excluding diaryl/α,β-unsaturated/α-hetero) is 1. The number of hydrogen-bond donors (Lipinski definition) is 1. The van der Waals surface area contributed by atoms with Crippen LogP contribution >= 0.6 is 0 Å². The van der Waals surface area contributed by atoms with Crippen molar-refractivity contribution >= 4 is 11.6 Å². The molecule has 2 N–H and O–H groups in total. The van der Waals surface area contributed by atoms with Crippen LogP contribution in [-0.4, -0.2) is 29.7 Å². The van der Waals surface area contributed by atoms with Crippen LogP contribution in [0.15, 0.2) is 12.0 Å². The van der Waals surface area contributed by atoms with Gasteiger partial charge >= 0.3 is 0 Å². The Morgan fingerprint density at radius 2 is 1.65 bits per heavy atom. The van der Waals surface area contributed by atoms with Crippen LogP contribution in [-0.2, 0) is 14.4 Å². The molecule has 0 fully saturated rings. The molecule has 0 aliphatic carbocycles. The molecule has 23 heavy (non-hydrogen) atoms. The highest BCUT2D eigenvalue weighted by Gasteiger charge is 2.25. The van der Waals surface area contributed by atoms with Gasteiger partial charge in [0.2, 0.25) is 5.88 Å². The number of nitrogens with zero attached hydrogens (tertiary/aromatic N) is 1. The Bertz CT molecular complexity index is 414. The fraction of sp³-hybridized carbons (Fsp3) is 0.778. The van der Waals surface area contributed by atoms with Gasteiger partial charge in [0.25, 0.3) is 0 Å². The summed E-state index contributed by atoms with van der Waals surface area (Å²) in [7, 11) is 0. The molecule has 0 amide bonds. The van der Waals surface area contributed by atoms with Gasteiger partial charge in [-0.3, -0.25) is 9.59 Å². The van der Waals surface area contributed by atoms with Crippen molar-refractivity contribution in [2.75, 3.05) is 13.1 Å². The number of hydroxylamine groups is 2. The van der Waals surface area contributed by atoms with Crippen molar-refractivity contribution in [1.82, 2.24) is 5.06 Å². The number of allylic oxidation sites excluding steroid dienone is 1. The SMILES string of the molecule is CC(=O)[C@@H](C(=O)/C=C(\N)ON(CCC(C)C)CC(C)C)C(C)C. The number of carbonyl (C=O) groups excluding carboxylic acids is 2. The van der Waals surface area contributed by atoms with Gasteiger partial charge in [-0.2, -0.15) is 0 Å². The first kappa shape index (κ1) is 21.6. The fourth-order valence-electron chi connectivity index (χ4n) is 2.39. The van der Waals surface area contributed by atoms with Crippen LogP contribution in [0, 0.1) is 23.7 Å². The van der Waals surface area contributed by atoms with Crippen LogP contribution in [0.25, 0.3) is 0 Å². The lowest BCUT2D eigenvalue weighted by atomic mass is 9.88. The molecular formula is C18H34N2O3. The molecular weight excluding hydrogens is 292 g/mol. The summed E-state index contributed by atoms with van der Waals surface area (Å²) in [6.45, 7) is 15.1. The van der Waals surface area contributed by atoms with Crippen molar-refractivity contribution in [1.29, 1.82) is 0 Å². The molecule has 0 aliphatic heterocycles. The Hall–Kier alpha value is -1.36. The largest absolute Gasteiger partial charge is 0.388 e. The minimum absolute atomic E-state index is 0.0475. The van der Waals surface area contributed by atoms with E-state index < -0.39 is 5.92 Å². The van der Waals surface area contributed by atoms with Gasteiger partial charge in [0.1, 0.15) is 5.78 Å². The van der Waals surface area contributed by atoms with Crippen LogP contribution in [0.3, 0.4) is 0 Å². The Balaban J connectivity index is 4.90. The fourth-order valence-corrected chi connectivity index (χ4v) is 2.39. The molecule has 0 aromatic carbocycles. The molecule has 0 aromatic heterocycles. The lowest BCUT2D eigenvalue weighted by Gasteiger charge is -2.25. The Labute approximate surface area is 141 Å². The van der Waals surface area contributed by atoms with E-state index >= 15 is 0 Å². The standard InChI is InChI=1S/C18H34N2O3/c1-12(2)8-9-20(11-13(3)4)23-17(19)10-16(22)18(14(5)6)15(7)21/h10,12-14,18H,8-9,11,19H2,1-7H3/b17-10+/t18-/m0/s1. The molecule has 0 aliphatic rings. The topological polar surface area (TPSA) is 72.6 Å². The quantitative estimate of drug-likeness (QED) is 0.273. The summed E-state index contributed by atoms with van der Waals surface area (Å²) >= 11 is 0. The molecule has 0 radical (unpaired) electrons. The van der Waals surface area contributed by atoms with Crippen molar-refractivity contribution in [3.63, 3.8) is 0 Å². The van der Waals surface area contributed by atoms with E-state index in [1.54, 1.807) is 5.06 Å². The summed E-state index contributed by atoms with van der Waals surface area (Å²) in [6.07, 6.45) is 2.23. The van der Waals surface area contributed by atoms with E-state index in [9.17, 15) is 9.59 Å². The summed E-state index contributed by atoms with van der Waals surface area (Å²) in [6, 6.07) is 0. The van der Waals surface area contributed by atoms with E-state index in [1.165, 1.54) is 13.0 Å². The van der Waals surface area contributed by atoms with Gasteiger partial charge in [0.05, 0.1) is 5.92 Å². The molecule has 0 saturated heterocycles. The molecule has 0 bridgehead atoms. The van der Waals surface area contributed by atoms with E-state index in [-0.39, 0.29) is 23.4 Å². The predicted molar refractivity (Wildman–Crippen MR) is 93.2 cm³/mol. The highest BCUT2D eigenvalue weighted by atomic mass is 16.7. The Kier molecular flexibility index (Phi) is 9.80. The van der Waals surface area contributed by atoms with Gasteiger partial charge in [-0.1, -0.05) is 41.5 Å². The molecule has 0 heterocycles. The first-order valence-corrected chi connectivity index (χ1v) is 8.48. The second kappa shape index (κ2) is 10.4. The monoisotopic (exact) mass is 326 g/mol.